The number of aliphatic hydroxyl groups is 1. The molecule has 7 nitrogen and oxygen atoms in total. The number of rotatable bonds is 3. The fourth-order valence-corrected chi connectivity index (χ4v) is 3.41. The Morgan fingerprint density at radius 2 is 1.93 bits per heavy atom. The standard InChI is InChI=1S/C20H22N5O2/c1-3-14-12-21-20(22-13-14)24-10-8-15(9-11-24)25-17-7-5-4-6-16(17)23(2)18(26)19(25)27/h4-8,10,12-13,19,27H,3,9,11H2,1-2H3/q+1. The Bertz CT molecular complexity index is 936. The first kappa shape index (κ1) is 17.4. The summed E-state index contributed by atoms with van der Waals surface area (Å²) >= 11 is 0. The first-order valence-electron chi connectivity index (χ1n) is 9.05. The van der Waals surface area contributed by atoms with E-state index >= 15 is 0 Å². The van der Waals surface area contributed by atoms with Crippen LogP contribution in [0, 0.1) is 0 Å². The number of fused-ring (bicyclic) bond motifs is 1. The number of carbonyl (C=O) groups excluding carboxylic acids is 1. The number of likely N-dealkylation sites (N-methyl/N-ethyl adjacent to an activating group) is 1. The lowest BCUT2D eigenvalue weighted by Crippen LogP contribution is -2.52. The highest BCUT2D eigenvalue weighted by Crippen LogP contribution is 2.37. The molecule has 0 bridgehead atoms. The molecule has 0 fully saturated rings. The number of nitrogens with zero attached hydrogens (tertiary/aromatic N) is 5. The van der Waals surface area contributed by atoms with Crippen LogP contribution in [0.1, 0.15) is 18.9 Å². The van der Waals surface area contributed by atoms with Crippen molar-refractivity contribution in [3.8, 4) is 0 Å². The average Bonchev–Trinajstić information content (AvgIpc) is 2.73. The first-order valence-corrected chi connectivity index (χ1v) is 9.05. The van der Waals surface area contributed by atoms with E-state index in [1.807, 2.05) is 53.5 Å². The number of anilines is 2. The molecule has 2 aliphatic heterocycles. The van der Waals surface area contributed by atoms with E-state index in [1.165, 1.54) is 4.90 Å². The van der Waals surface area contributed by atoms with Crippen molar-refractivity contribution in [3.63, 3.8) is 0 Å². The van der Waals surface area contributed by atoms with E-state index in [2.05, 4.69) is 16.9 Å². The van der Waals surface area contributed by atoms with Crippen molar-refractivity contribution in [2.45, 2.75) is 26.0 Å². The maximum atomic E-state index is 12.5. The van der Waals surface area contributed by atoms with Crippen LogP contribution in [0.2, 0.25) is 0 Å². The molecule has 1 aromatic carbocycles. The Balaban J connectivity index is 1.67. The van der Waals surface area contributed by atoms with Crippen LogP contribution >= 0.6 is 0 Å². The van der Waals surface area contributed by atoms with E-state index in [4.69, 9.17) is 0 Å². The van der Waals surface area contributed by atoms with Crippen LogP contribution in [0.25, 0.3) is 0 Å². The highest BCUT2D eigenvalue weighted by molar-refractivity contribution is 6.05. The summed E-state index contributed by atoms with van der Waals surface area (Å²) in [6.45, 7) is 2.74. The molecule has 7 heteroatoms. The van der Waals surface area contributed by atoms with Crippen LogP contribution in [-0.2, 0) is 11.2 Å². The Morgan fingerprint density at radius 3 is 2.56 bits per heavy atom. The molecule has 1 atom stereocenters. The number of benzene rings is 1. The molecule has 2 aliphatic rings. The normalized spacial score (nSPS) is 19.5. The van der Waals surface area contributed by atoms with E-state index in [0.29, 0.717) is 18.9 Å². The van der Waals surface area contributed by atoms with Gasteiger partial charge >= 0.3 is 5.95 Å². The van der Waals surface area contributed by atoms with Crippen LogP contribution in [0.4, 0.5) is 17.3 Å². The second-order valence-electron chi connectivity index (χ2n) is 6.62. The van der Waals surface area contributed by atoms with Gasteiger partial charge in [-0.1, -0.05) is 29.0 Å². The molecule has 1 N–H and O–H groups in total. The van der Waals surface area contributed by atoms with Crippen molar-refractivity contribution in [1.82, 2.24) is 9.97 Å². The Labute approximate surface area is 157 Å². The molecule has 27 heavy (non-hydrogen) atoms. The summed E-state index contributed by atoms with van der Waals surface area (Å²) in [5.74, 6) is 0.313. The third-order valence-electron chi connectivity index (χ3n) is 5.02. The summed E-state index contributed by atoms with van der Waals surface area (Å²) < 4.78 is 1.97. The van der Waals surface area contributed by atoms with Gasteiger partial charge in [-0.05, 0) is 24.6 Å². The number of para-hydroxylation sites is 2. The predicted molar refractivity (Wildman–Crippen MR) is 103 cm³/mol. The SMILES string of the molecule is CCc1cnc([N+]2=CC=C(N3c4ccccc4N(C)C(=O)C3O)CC2)nc1. The van der Waals surface area contributed by atoms with Crippen LogP contribution in [-0.4, -0.2) is 51.6 Å². The molecule has 0 radical (unpaired) electrons. The summed E-state index contributed by atoms with van der Waals surface area (Å²) in [4.78, 5) is 24.5. The van der Waals surface area contributed by atoms with Crippen LogP contribution in [0.3, 0.4) is 0 Å². The molecular weight excluding hydrogens is 342 g/mol. The van der Waals surface area contributed by atoms with Gasteiger partial charge in [0.05, 0.1) is 24.1 Å². The van der Waals surface area contributed by atoms with E-state index in [9.17, 15) is 9.90 Å². The minimum Gasteiger partial charge on any atom is -0.365 e. The van der Waals surface area contributed by atoms with Crippen molar-refractivity contribution in [2.75, 3.05) is 23.4 Å². The summed E-state index contributed by atoms with van der Waals surface area (Å²) in [6, 6.07) is 7.60. The molecule has 138 valence electrons. The number of amides is 1. The number of hydrogen-bond donors (Lipinski definition) is 1. The maximum Gasteiger partial charge on any atom is 0.432 e. The zero-order valence-electron chi connectivity index (χ0n) is 15.4. The van der Waals surface area contributed by atoms with Gasteiger partial charge in [0.15, 0.2) is 0 Å². The zero-order chi connectivity index (χ0) is 19.0. The predicted octanol–water partition coefficient (Wildman–Crippen LogP) is 1.84. The van der Waals surface area contributed by atoms with Gasteiger partial charge in [-0.3, -0.25) is 4.79 Å². The monoisotopic (exact) mass is 364 g/mol. The third kappa shape index (κ3) is 3.00. The van der Waals surface area contributed by atoms with Gasteiger partial charge in [-0.2, -0.15) is 0 Å². The second-order valence-corrected chi connectivity index (χ2v) is 6.62. The van der Waals surface area contributed by atoms with Gasteiger partial charge in [-0.15, -0.1) is 0 Å². The minimum atomic E-state index is -1.23. The Kier molecular flexibility index (Phi) is 4.45. The molecule has 0 spiro atoms. The molecular formula is C20H22N5O2+. The highest BCUT2D eigenvalue weighted by atomic mass is 16.3. The lowest BCUT2D eigenvalue weighted by atomic mass is 10.1. The fraction of sp³-hybridized carbons (Fsp3) is 0.300. The molecule has 0 saturated carbocycles. The summed E-state index contributed by atoms with van der Waals surface area (Å²) in [5.41, 5.74) is 3.60. The second kappa shape index (κ2) is 6.92. The number of aryl methyl sites for hydroxylation is 1. The van der Waals surface area contributed by atoms with Gasteiger partial charge in [-0.25, -0.2) is 4.58 Å². The van der Waals surface area contributed by atoms with Crippen molar-refractivity contribution in [3.05, 3.63) is 54.0 Å². The molecule has 0 saturated heterocycles. The molecule has 2 aromatic rings. The van der Waals surface area contributed by atoms with Gasteiger partial charge in [0.25, 0.3) is 5.91 Å². The van der Waals surface area contributed by atoms with Crippen LogP contribution in [0.15, 0.2) is 48.4 Å². The number of allylic oxidation sites excluding steroid dienone is 1. The van der Waals surface area contributed by atoms with E-state index in [-0.39, 0.29) is 5.91 Å². The van der Waals surface area contributed by atoms with Crippen molar-refractivity contribution >= 4 is 29.4 Å². The molecule has 0 aliphatic carbocycles. The van der Waals surface area contributed by atoms with Crippen LogP contribution < -0.4 is 9.80 Å². The topological polar surface area (TPSA) is 72.6 Å². The molecule has 3 heterocycles. The third-order valence-corrected chi connectivity index (χ3v) is 5.02. The van der Waals surface area contributed by atoms with Gasteiger partial charge < -0.3 is 14.9 Å². The van der Waals surface area contributed by atoms with Crippen molar-refractivity contribution in [1.29, 1.82) is 0 Å². The van der Waals surface area contributed by atoms with Gasteiger partial charge in [0.1, 0.15) is 12.4 Å². The Hall–Kier alpha value is -3.06. The van der Waals surface area contributed by atoms with E-state index in [1.54, 1.807) is 11.9 Å². The smallest absolute Gasteiger partial charge is 0.365 e. The van der Waals surface area contributed by atoms with Crippen molar-refractivity contribution < 1.29 is 14.5 Å². The van der Waals surface area contributed by atoms with E-state index < -0.39 is 6.23 Å². The molecule has 4 rings (SSSR count). The van der Waals surface area contributed by atoms with E-state index in [0.717, 1.165) is 29.1 Å². The lowest BCUT2D eigenvalue weighted by Gasteiger charge is -2.40. The molecule has 1 amide bonds. The fourth-order valence-electron chi connectivity index (χ4n) is 3.41. The summed E-state index contributed by atoms with van der Waals surface area (Å²) in [7, 11) is 1.68. The maximum absolute atomic E-state index is 12.5. The number of aromatic nitrogens is 2. The zero-order valence-corrected chi connectivity index (χ0v) is 15.4. The lowest BCUT2D eigenvalue weighted by molar-refractivity contribution is -0.444. The summed E-state index contributed by atoms with van der Waals surface area (Å²) in [6.07, 6.45) is 7.84. The molecule has 1 unspecified atom stereocenters. The number of carbonyl (C=O) groups is 1. The largest absolute Gasteiger partial charge is 0.432 e. The quantitative estimate of drug-likeness (QED) is 0.842. The minimum absolute atomic E-state index is 0.337. The molecule has 1 aromatic heterocycles. The van der Waals surface area contributed by atoms with Gasteiger partial charge in [0, 0.05) is 24.7 Å². The average molecular weight is 364 g/mol. The first-order chi connectivity index (χ1) is 13.1. The van der Waals surface area contributed by atoms with Crippen LogP contribution in [0.5, 0.6) is 0 Å². The number of hydrogen-bond acceptors (Lipinski definition) is 5. The van der Waals surface area contributed by atoms with Crippen molar-refractivity contribution in [2.24, 2.45) is 0 Å². The summed E-state index contributed by atoms with van der Waals surface area (Å²) in [5, 5.41) is 10.6. The number of aliphatic hydroxyl groups excluding tert-OH is 1. The van der Waals surface area contributed by atoms with Gasteiger partial charge in [0.2, 0.25) is 6.23 Å². The highest BCUT2D eigenvalue weighted by Gasteiger charge is 2.37. The Morgan fingerprint density at radius 1 is 1.22 bits per heavy atom.